The number of aromatic hydroxyl groups is 1. The SMILES string of the molecule is CC[C@@H]1CC[C@@H](OC(C)=O)CC(=O)C[C@H](c2ccc(O)c(OC)c2)C#CCNC2=CC(=CCN2)CCc2c[nH]cc2C1. The Labute approximate surface area is 249 Å². The number of H-pyrrole nitrogens is 1. The minimum atomic E-state index is -0.478. The number of esters is 1. The number of aromatic nitrogens is 1. The van der Waals surface area contributed by atoms with Crippen molar-refractivity contribution in [2.24, 2.45) is 5.92 Å². The van der Waals surface area contributed by atoms with E-state index in [1.807, 2.05) is 0 Å². The number of dihydropyridines is 1. The van der Waals surface area contributed by atoms with Crippen LogP contribution >= 0.6 is 0 Å². The maximum atomic E-state index is 13.4. The quantitative estimate of drug-likeness (QED) is 0.299. The van der Waals surface area contributed by atoms with E-state index in [4.69, 9.17) is 9.47 Å². The molecule has 2 bridgehead atoms. The maximum absolute atomic E-state index is 13.4. The largest absolute Gasteiger partial charge is 0.504 e. The Morgan fingerprint density at radius 3 is 2.71 bits per heavy atom. The Morgan fingerprint density at radius 1 is 1.10 bits per heavy atom. The van der Waals surface area contributed by atoms with E-state index in [1.165, 1.54) is 30.7 Å². The smallest absolute Gasteiger partial charge is 0.302 e. The van der Waals surface area contributed by atoms with E-state index in [0.717, 1.165) is 50.0 Å². The van der Waals surface area contributed by atoms with Crippen LogP contribution in [-0.4, -0.2) is 48.1 Å². The Kier molecular flexibility index (Phi) is 11.2. The number of fused-ring (bicyclic) bond motifs is 2. The van der Waals surface area contributed by atoms with Gasteiger partial charge in [0, 0.05) is 38.7 Å². The van der Waals surface area contributed by atoms with Crippen molar-refractivity contribution in [1.29, 1.82) is 0 Å². The number of phenols is 1. The summed E-state index contributed by atoms with van der Waals surface area (Å²) in [4.78, 5) is 28.6. The van der Waals surface area contributed by atoms with Gasteiger partial charge in [0.1, 0.15) is 11.9 Å². The average molecular weight is 574 g/mol. The van der Waals surface area contributed by atoms with E-state index in [2.05, 4.69) is 58.9 Å². The fourth-order valence-electron chi connectivity index (χ4n) is 5.67. The summed E-state index contributed by atoms with van der Waals surface area (Å²) in [5.74, 6) is 7.34. The molecule has 4 rings (SSSR count). The van der Waals surface area contributed by atoms with E-state index in [0.29, 0.717) is 24.6 Å². The van der Waals surface area contributed by atoms with Gasteiger partial charge < -0.3 is 30.2 Å². The zero-order valence-electron chi connectivity index (χ0n) is 24.9. The number of carbonyl (C=O) groups is 2. The molecule has 0 fully saturated rings. The van der Waals surface area contributed by atoms with E-state index in [1.54, 1.807) is 18.2 Å². The lowest BCUT2D eigenvalue weighted by Crippen LogP contribution is -2.29. The third-order valence-corrected chi connectivity index (χ3v) is 8.05. The lowest BCUT2D eigenvalue weighted by Gasteiger charge is -2.21. The van der Waals surface area contributed by atoms with Crippen LogP contribution in [0.2, 0.25) is 0 Å². The molecule has 0 amide bonds. The van der Waals surface area contributed by atoms with Crippen LogP contribution in [0.1, 0.15) is 75.0 Å². The van der Waals surface area contributed by atoms with Gasteiger partial charge in [0.2, 0.25) is 0 Å². The van der Waals surface area contributed by atoms with Crippen molar-refractivity contribution in [3.63, 3.8) is 0 Å². The van der Waals surface area contributed by atoms with Gasteiger partial charge >= 0.3 is 5.97 Å². The van der Waals surface area contributed by atoms with Gasteiger partial charge in [0.15, 0.2) is 11.5 Å². The molecule has 8 heteroatoms. The predicted octanol–water partition coefficient (Wildman–Crippen LogP) is 5.05. The van der Waals surface area contributed by atoms with Gasteiger partial charge in [0.05, 0.1) is 25.4 Å². The van der Waals surface area contributed by atoms with Gasteiger partial charge in [-0.2, -0.15) is 0 Å². The number of benzene rings is 1. The number of methoxy groups -OCH3 is 1. The topological polar surface area (TPSA) is 113 Å². The van der Waals surface area contributed by atoms with Crippen LogP contribution < -0.4 is 15.4 Å². The van der Waals surface area contributed by atoms with E-state index < -0.39 is 12.0 Å². The molecule has 8 nitrogen and oxygen atoms in total. The number of Topliss-reactive ketones (excluding diaryl/α,β-unsaturated/α-hetero) is 1. The summed E-state index contributed by atoms with van der Waals surface area (Å²) in [6.07, 6.45) is 13.7. The highest BCUT2D eigenvalue weighted by molar-refractivity contribution is 5.80. The summed E-state index contributed by atoms with van der Waals surface area (Å²) in [7, 11) is 1.49. The molecule has 3 atom stereocenters. The molecule has 1 aromatic heterocycles. The Morgan fingerprint density at radius 2 is 1.93 bits per heavy atom. The molecule has 1 aromatic carbocycles. The molecule has 0 radical (unpaired) electrons. The molecular formula is C34H43N3O5. The van der Waals surface area contributed by atoms with Crippen molar-refractivity contribution >= 4 is 11.8 Å². The first kappa shape index (κ1) is 30.8. The van der Waals surface area contributed by atoms with Crippen LogP contribution in [0, 0.1) is 17.8 Å². The Bertz CT molecular complexity index is 1360. The van der Waals surface area contributed by atoms with Crippen LogP contribution in [0.15, 0.2) is 54.1 Å². The molecule has 4 N–H and O–H groups in total. The second-order valence-electron chi connectivity index (χ2n) is 11.1. The van der Waals surface area contributed by atoms with Crippen LogP contribution in [0.4, 0.5) is 0 Å². The van der Waals surface area contributed by atoms with Gasteiger partial charge in [-0.25, -0.2) is 0 Å². The van der Waals surface area contributed by atoms with Crippen molar-refractivity contribution in [3.8, 4) is 23.3 Å². The Hall–Kier alpha value is -4.12. The number of ether oxygens (including phenoxy) is 2. The van der Waals surface area contributed by atoms with Gasteiger partial charge in [-0.15, -0.1) is 0 Å². The van der Waals surface area contributed by atoms with Crippen molar-refractivity contribution < 1.29 is 24.2 Å². The number of aryl methyl sites for hydroxylation is 1. The van der Waals surface area contributed by atoms with Crippen LogP contribution in [-0.2, 0) is 27.2 Å². The molecular weight excluding hydrogens is 530 g/mol. The number of phenolic OH excluding ortho intramolecular Hbond substituents is 1. The first-order valence-corrected chi connectivity index (χ1v) is 14.9. The molecule has 2 aliphatic rings. The van der Waals surface area contributed by atoms with Gasteiger partial charge in [-0.3, -0.25) is 9.59 Å². The number of ketones is 1. The highest BCUT2D eigenvalue weighted by Gasteiger charge is 2.23. The first-order valence-electron chi connectivity index (χ1n) is 14.9. The third kappa shape index (κ3) is 8.94. The van der Waals surface area contributed by atoms with Crippen molar-refractivity contribution in [2.75, 3.05) is 20.2 Å². The van der Waals surface area contributed by atoms with Crippen LogP contribution in [0.25, 0.3) is 0 Å². The molecule has 0 spiro atoms. The number of aromatic amines is 1. The van der Waals surface area contributed by atoms with Gasteiger partial charge in [0.25, 0.3) is 0 Å². The average Bonchev–Trinajstić information content (AvgIpc) is 3.42. The van der Waals surface area contributed by atoms with Gasteiger partial charge in [-0.05, 0) is 78.5 Å². The standard InChI is InChI=1S/C34H43N3O5/c1-4-24-8-11-31(42-23(2)38)20-30(39)18-26(27-10-12-32(40)33(19-27)41-3)6-5-14-36-34-17-25(13-15-37-34)7-9-28-21-35-22-29(28)16-24/h10,12-13,17,19,21-22,24,26,31,35-37,40H,4,7-9,11,14-16,18,20H2,1-3H3/t24-,26-,31-/m1/s1. The lowest BCUT2D eigenvalue weighted by molar-refractivity contribution is -0.148. The van der Waals surface area contributed by atoms with Crippen LogP contribution in [0.5, 0.6) is 11.5 Å². The Balaban J connectivity index is 1.60. The molecule has 3 heterocycles. The van der Waals surface area contributed by atoms with E-state index in [-0.39, 0.29) is 30.3 Å². The summed E-state index contributed by atoms with van der Waals surface area (Å²) >= 11 is 0. The second kappa shape index (κ2) is 15.2. The highest BCUT2D eigenvalue weighted by atomic mass is 16.5. The molecule has 42 heavy (non-hydrogen) atoms. The summed E-state index contributed by atoms with van der Waals surface area (Å²) in [5.41, 5.74) is 4.72. The van der Waals surface area contributed by atoms with Crippen LogP contribution in [0.3, 0.4) is 0 Å². The number of hydrogen-bond donors (Lipinski definition) is 4. The van der Waals surface area contributed by atoms with E-state index >= 15 is 0 Å². The molecule has 2 aromatic rings. The lowest BCUT2D eigenvalue weighted by atomic mass is 9.88. The molecule has 0 aliphatic carbocycles. The van der Waals surface area contributed by atoms with Crippen molar-refractivity contribution in [1.82, 2.24) is 15.6 Å². The fraction of sp³-hybridized carbons (Fsp3) is 0.471. The number of carbonyl (C=O) groups excluding carboxylic acids is 2. The zero-order valence-corrected chi connectivity index (χ0v) is 24.9. The fourth-order valence-corrected chi connectivity index (χ4v) is 5.67. The van der Waals surface area contributed by atoms with Crippen molar-refractivity contribution in [3.05, 3.63) is 70.8 Å². The monoisotopic (exact) mass is 573 g/mol. The number of allylic oxidation sites excluding steroid dienone is 2. The summed E-state index contributed by atoms with van der Waals surface area (Å²) in [5, 5.41) is 16.8. The van der Waals surface area contributed by atoms with Gasteiger partial charge in [-0.1, -0.05) is 37.3 Å². The molecule has 224 valence electrons. The molecule has 0 saturated carbocycles. The molecule has 0 unspecified atom stereocenters. The predicted molar refractivity (Wildman–Crippen MR) is 163 cm³/mol. The minimum Gasteiger partial charge on any atom is -0.504 e. The summed E-state index contributed by atoms with van der Waals surface area (Å²) < 4.78 is 10.9. The third-order valence-electron chi connectivity index (χ3n) is 8.05. The van der Waals surface area contributed by atoms with Crippen molar-refractivity contribution in [2.45, 2.75) is 77.2 Å². The number of rotatable bonds is 4. The highest BCUT2D eigenvalue weighted by Crippen LogP contribution is 2.32. The maximum Gasteiger partial charge on any atom is 0.302 e. The normalized spacial score (nSPS) is 22.1. The van der Waals surface area contributed by atoms with E-state index in [9.17, 15) is 14.7 Å². The number of nitrogens with one attached hydrogen (secondary N) is 3. The summed E-state index contributed by atoms with van der Waals surface area (Å²) in [6.45, 7) is 4.75. The first-order chi connectivity index (χ1) is 20.3. The zero-order chi connectivity index (χ0) is 29.9. The molecule has 2 aliphatic heterocycles. The molecule has 0 saturated heterocycles. The minimum absolute atomic E-state index is 0.0256. The second-order valence-corrected chi connectivity index (χ2v) is 11.1. The number of hydrogen-bond acceptors (Lipinski definition) is 7. The summed E-state index contributed by atoms with van der Waals surface area (Å²) in [6, 6.07) is 5.05.